The number of hydrogen-bond donors (Lipinski definition) is 1. The van der Waals surface area contributed by atoms with E-state index in [-0.39, 0.29) is 21.3 Å². The molecule has 2 aromatic carbocycles. The summed E-state index contributed by atoms with van der Waals surface area (Å²) in [5, 5.41) is 11.6. The van der Waals surface area contributed by atoms with E-state index in [4.69, 9.17) is 14.2 Å². The number of amides is 1. The number of carbonyl (C=O) groups excluding carboxylic acids is 3. The Morgan fingerprint density at radius 3 is 2.49 bits per heavy atom. The van der Waals surface area contributed by atoms with Crippen LogP contribution in [0.2, 0.25) is 0 Å². The zero-order valence-electron chi connectivity index (χ0n) is 22.2. The number of Topliss-reactive ketones (excluding diaryl/α,β-unsaturated/α-hetero) is 1. The third-order valence-electron chi connectivity index (χ3n) is 6.19. The van der Waals surface area contributed by atoms with Crippen molar-refractivity contribution in [3.63, 3.8) is 0 Å². The number of unbranched alkanes of at least 4 members (excludes halogenated alkanes) is 1. The number of hydrogen-bond acceptors (Lipinski definition) is 9. The molecule has 9 nitrogen and oxygen atoms in total. The van der Waals surface area contributed by atoms with E-state index in [2.05, 4.69) is 11.9 Å². The van der Waals surface area contributed by atoms with Crippen LogP contribution in [0.3, 0.4) is 0 Å². The fourth-order valence-electron chi connectivity index (χ4n) is 4.25. The summed E-state index contributed by atoms with van der Waals surface area (Å²) in [6, 6.07) is 12.7. The minimum atomic E-state index is -0.999. The van der Waals surface area contributed by atoms with E-state index in [9.17, 15) is 19.5 Å². The van der Waals surface area contributed by atoms with Gasteiger partial charge in [-0.1, -0.05) is 48.9 Å². The van der Waals surface area contributed by atoms with Crippen LogP contribution in [0.4, 0.5) is 5.13 Å². The number of ketones is 1. The Bertz CT molecular complexity index is 1410. The van der Waals surface area contributed by atoms with Gasteiger partial charge in [0.15, 0.2) is 5.13 Å². The van der Waals surface area contributed by atoms with Crippen LogP contribution in [0.15, 0.2) is 54.1 Å². The quantitative estimate of drug-likeness (QED) is 0.117. The summed E-state index contributed by atoms with van der Waals surface area (Å²) in [7, 11) is 1.26. The Morgan fingerprint density at radius 2 is 1.82 bits per heavy atom. The van der Waals surface area contributed by atoms with Crippen molar-refractivity contribution in [1.82, 2.24) is 4.98 Å². The second kappa shape index (κ2) is 12.1. The number of aliphatic hydroxyl groups is 1. The second-order valence-electron chi connectivity index (χ2n) is 8.80. The zero-order valence-corrected chi connectivity index (χ0v) is 23.0. The lowest BCUT2D eigenvalue weighted by atomic mass is 9.95. The summed E-state index contributed by atoms with van der Waals surface area (Å²) >= 11 is 0.946. The summed E-state index contributed by atoms with van der Waals surface area (Å²) in [5.74, 6) is -1.50. The molecule has 1 fully saturated rings. The Kier molecular flexibility index (Phi) is 8.65. The number of ether oxygens (including phenoxy) is 3. The summed E-state index contributed by atoms with van der Waals surface area (Å²) in [4.78, 5) is 45.0. The molecular formula is C29H30N2O7S. The maximum atomic E-state index is 13.5. The standard InChI is InChI=1S/C29H30N2O7S/c1-5-7-15-38-21-10-8-9-19(16-21)24(32)22-23(18-11-13-20(14-12-18)37-6-2)31(27(34)25(22)33)29-30-17(3)26(39-29)28(35)36-4/h8-14,16,23,32H,5-7,15H2,1-4H3/b24-22+. The maximum absolute atomic E-state index is 13.5. The second-order valence-corrected chi connectivity index (χ2v) is 9.78. The Hall–Kier alpha value is -4.18. The molecule has 3 aromatic rings. The minimum Gasteiger partial charge on any atom is -0.507 e. The molecule has 1 amide bonds. The minimum absolute atomic E-state index is 0.0951. The normalized spacial score (nSPS) is 16.4. The molecule has 204 valence electrons. The fourth-order valence-corrected chi connectivity index (χ4v) is 5.26. The summed E-state index contributed by atoms with van der Waals surface area (Å²) in [6.07, 6.45) is 1.85. The first kappa shape index (κ1) is 27.8. The van der Waals surface area contributed by atoms with Crippen LogP contribution in [-0.2, 0) is 14.3 Å². The molecule has 1 atom stereocenters. The number of thiazole rings is 1. The average molecular weight is 551 g/mol. The highest BCUT2D eigenvalue weighted by molar-refractivity contribution is 7.17. The van der Waals surface area contributed by atoms with Gasteiger partial charge in [0, 0.05) is 5.56 Å². The van der Waals surface area contributed by atoms with Crippen LogP contribution >= 0.6 is 11.3 Å². The first-order valence-corrected chi connectivity index (χ1v) is 13.4. The van der Waals surface area contributed by atoms with Crippen LogP contribution in [-0.4, -0.2) is 48.1 Å². The van der Waals surface area contributed by atoms with Gasteiger partial charge >= 0.3 is 11.9 Å². The molecule has 1 saturated heterocycles. The molecule has 4 rings (SSSR count). The number of aryl methyl sites for hydroxylation is 1. The van der Waals surface area contributed by atoms with Gasteiger partial charge in [-0.3, -0.25) is 14.5 Å². The molecule has 10 heteroatoms. The SMILES string of the molecule is CCCCOc1cccc(/C(O)=C2\C(=O)C(=O)N(c3nc(C)c(C(=O)OC)s3)C2c2ccc(OCC)cc2)c1. The molecule has 0 radical (unpaired) electrons. The molecule has 1 unspecified atom stereocenters. The van der Waals surface area contributed by atoms with E-state index >= 15 is 0 Å². The van der Waals surface area contributed by atoms with Gasteiger partial charge in [0.25, 0.3) is 5.78 Å². The van der Waals surface area contributed by atoms with Gasteiger partial charge in [-0.25, -0.2) is 9.78 Å². The maximum Gasteiger partial charge on any atom is 0.350 e. The van der Waals surface area contributed by atoms with Crippen molar-refractivity contribution in [2.75, 3.05) is 25.2 Å². The Balaban J connectivity index is 1.85. The topological polar surface area (TPSA) is 115 Å². The Morgan fingerprint density at radius 1 is 1.08 bits per heavy atom. The molecule has 0 saturated carbocycles. The largest absolute Gasteiger partial charge is 0.507 e. The third kappa shape index (κ3) is 5.65. The van der Waals surface area contributed by atoms with E-state index in [0.717, 1.165) is 24.2 Å². The predicted octanol–water partition coefficient (Wildman–Crippen LogP) is 5.44. The average Bonchev–Trinajstić information content (AvgIpc) is 3.45. The van der Waals surface area contributed by atoms with Crippen LogP contribution in [0, 0.1) is 6.92 Å². The number of anilines is 1. The highest BCUT2D eigenvalue weighted by atomic mass is 32.1. The molecule has 39 heavy (non-hydrogen) atoms. The van der Waals surface area contributed by atoms with Crippen LogP contribution in [0.5, 0.6) is 11.5 Å². The summed E-state index contributed by atoms with van der Waals surface area (Å²) in [5.41, 5.74) is 1.17. The zero-order chi connectivity index (χ0) is 28.1. The van der Waals surface area contributed by atoms with Crippen molar-refractivity contribution < 1.29 is 33.7 Å². The molecule has 1 N–H and O–H groups in total. The van der Waals surface area contributed by atoms with Crippen molar-refractivity contribution in [3.8, 4) is 11.5 Å². The first-order valence-electron chi connectivity index (χ1n) is 12.6. The summed E-state index contributed by atoms with van der Waals surface area (Å²) < 4.78 is 16.2. The fraction of sp³-hybridized carbons (Fsp3) is 0.310. The van der Waals surface area contributed by atoms with E-state index in [1.165, 1.54) is 12.0 Å². The first-order chi connectivity index (χ1) is 18.8. The van der Waals surface area contributed by atoms with Crippen LogP contribution in [0.1, 0.15) is 59.2 Å². The van der Waals surface area contributed by atoms with Gasteiger partial charge < -0.3 is 19.3 Å². The lowest BCUT2D eigenvalue weighted by Gasteiger charge is -2.23. The van der Waals surface area contributed by atoms with Gasteiger partial charge in [0.05, 0.1) is 37.6 Å². The third-order valence-corrected chi connectivity index (χ3v) is 7.32. The molecule has 1 aliphatic rings. The number of aliphatic hydroxyl groups excluding tert-OH is 1. The van der Waals surface area contributed by atoms with Crippen molar-refractivity contribution in [3.05, 3.63) is 75.8 Å². The van der Waals surface area contributed by atoms with E-state index < -0.39 is 23.7 Å². The number of methoxy groups -OCH3 is 1. The number of esters is 1. The molecule has 2 heterocycles. The van der Waals surface area contributed by atoms with Gasteiger partial charge in [0.1, 0.15) is 22.1 Å². The van der Waals surface area contributed by atoms with Crippen molar-refractivity contribution in [2.24, 2.45) is 0 Å². The molecular weight excluding hydrogens is 520 g/mol. The molecule has 1 aromatic heterocycles. The van der Waals surface area contributed by atoms with Crippen molar-refractivity contribution in [1.29, 1.82) is 0 Å². The lowest BCUT2D eigenvalue weighted by Crippen LogP contribution is -2.29. The molecule has 0 aliphatic carbocycles. The number of benzene rings is 2. The van der Waals surface area contributed by atoms with Crippen LogP contribution in [0.25, 0.3) is 5.76 Å². The van der Waals surface area contributed by atoms with E-state index in [1.807, 2.05) is 6.92 Å². The van der Waals surface area contributed by atoms with Crippen molar-refractivity contribution >= 4 is 39.9 Å². The van der Waals surface area contributed by atoms with Crippen molar-refractivity contribution in [2.45, 2.75) is 39.7 Å². The molecule has 1 aliphatic heterocycles. The number of aromatic nitrogens is 1. The Labute approximate surface area is 230 Å². The van der Waals surface area contributed by atoms with E-state index in [0.29, 0.717) is 41.5 Å². The molecule has 0 spiro atoms. The lowest BCUT2D eigenvalue weighted by molar-refractivity contribution is -0.132. The predicted molar refractivity (Wildman–Crippen MR) is 147 cm³/mol. The smallest absolute Gasteiger partial charge is 0.350 e. The highest BCUT2D eigenvalue weighted by Gasteiger charge is 2.48. The van der Waals surface area contributed by atoms with Gasteiger partial charge in [-0.2, -0.15) is 0 Å². The molecule has 0 bridgehead atoms. The van der Waals surface area contributed by atoms with Crippen LogP contribution < -0.4 is 14.4 Å². The van der Waals surface area contributed by atoms with E-state index in [1.54, 1.807) is 55.5 Å². The number of rotatable bonds is 10. The van der Waals surface area contributed by atoms with Gasteiger partial charge in [0.2, 0.25) is 0 Å². The number of nitrogens with zero attached hydrogens (tertiary/aromatic N) is 2. The number of carbonyl (C=O) groups is 3. The monoisotopic (exact) mass is 550 g/mol. The summed E-state index contributed by atoms with van der Waals surface area (Å²) in [6.45, 7) is 6.54. The van der Waals surface area contributed by atoms with Gasteiger partial charge in [-0.05, 0) is 50.1 Å². The van der Waals surface area contributed by atoms with Gasteiger partial charge in [-0.15, -0.1) is 0 Å². The highest BCUT2D eigenvalue weighted by Crippen LogP contribution is 2.44.